The second-order valence-corrected chi connectivity index (χ2v) is 38.3. The van der Waals surface area contributed by atoms with Gasteiger partial charge >= 0.3 is 0 Å². The Labute approximate surface area is 157 Å². The molecule has 0 nitrogen and oxygen atoms in total. The lowest BCUT2D eigenvalue weighted by molar-refractivity contribution is 1.37. The molecule has 0 aliphatic carbocycles. The molecule has 0 aromatic carbocycles. The van der Waals surface area contributed by atoms with Gasteiger partial charge in [0.25, 0.3) is 0 Å². The Bertz CT molecular complexity index is 334. The van der Waals surface area contributed by atoms with Crippen molar-refractivity contribution < 1.29 is 0 Å². The Balaban J connectivity index is 4.48. The monoisotopic (exact) mass is 417 g/mol. The van der Waals surface area contributed by atoms with Crippen molar-refractivity contribution in [3.63, 3.8) is 0 Å². The Morgan fingerprint density at radius 1 is 0.522 bits per heavy atom. The van der Waals surface area contributed by atoms with Gasteiger partial charge in [0.1, 0.15) is 0 Å². The van der Waals surface area contributed by atoms with Crippen LogP contribution < -0.4 is 0 Å². The third-order valence-corrected chi connectivity index (χ3v) is 37.4. The van der Waals surface area contributed by atoms with E-state index in [1.807, 2.05) is 0 Å². The number of rotatable bonds is 11. The summed E-state index contributed by atoms with van der Waals surface area (Å²) in [7, 11) is -2.82. The van der Waals surface area contributed by atoms with Crippen LogP contribution in [0.1, 0.15) is 6.92 Å². The molecule has 0 aliphatic rings. The molecule has 0 bridgehead atoms. The zero-order valence-corrected chi connectivity index (χ0v) is 24.2. The third kappa shape index (κ3) is 13.2. The van der Waals surface area contributed by atoms with Crippen LogP contribution in [0, 0.1) is 0 Å². The second kappa shape index (κ2) is 9.85. The van der Waals surface area contributed by atoms with Gasteiger partial charge in [-0.2, -0.15) is 0 Å². The first-order chi connectivity index (χ1) is 10.2. The summed E-state index contributed by atoms with van der Waals surface area (Å²) >= 11 is 0. The third-order valence-electron chi connectivity index (χ3n) is 4.56. The molecule has 0 saturated carbocycles. The van der Waals surface area contributed by atoms with E-state index in [1.165, 1.54) is 6.04 Å². The van der Waals surface area contributed by atoms with Crippen LogP contribution >= 0.6 is 0 Å². The van der Waals surface area contributed by atoms with E-state index in [9.17, 15) is 0 Å². The van der Waals surface area contributed by atoms with Gasteiger partial charge in [0.2, 0.25) is 0 Å². The lowest BCUT2D eigenvalue weighted by Crippen LogP contribution is -2.42. The van der Waals surface area contributed by atoms with Crippen LogP contribution in [0.15, 0.2) is 0 Å². The van der Waals surface area contributed by atoms with Crippen molar-refractivity contribution in [1.29, 1.82) is 0 Å². The summed E-state index contributed by atoms with van der Waals surface area (Å²) in [5.74, 6) is 0. The van der Waals surface area contributed by atoms with Gasteiger partial charge in [-0.25, -0.2) is 0 Å². The van der Waals surface area contributed by atoms with E-state index >= 15 is 0 Å². The van der Waals surface area contributed by atoms with Gasteiger partial charge in [0.05, 0.1) is 0 Å². The zero-order chi connectivity index (χ0) is 18.5. The molecule has 0 spiro atoms. The summed E-state index contributed by atoms with van der Waals surface area (Å²) in [5, 5.41) is 0. The molecule has 0 N–H and O–H groups in total. The van der Waals surface area contributed by atoms with Gasteiger partial charge in [-0.05, 0) is 0 Å². The van der Waals surface area contributed by atoms with Gasteiger partial charge in [0.15, 0.2) is 0 Å². The molecule has 0 aliphatic heterocycles. The minimum atomic E-state index is -0.934. The first-order valence-electron chi connectivity index (χ1n) is 9.60. The van der Waals surface area contributed by atoms with E-state index < -0.39 is 24.2 Å². The summed E-state index contributed by atoms with van der Waals surface area (Å²) in [6, 6.07) is 1.48. The van der Waals surface area contributed by atoms with Crippen molar-refractivity contribution in [2.45, 2.75) is 107 Å². The smallest absolute Gasteiger partial charge is 0.0417 e. The molecular weight excluding hydrogens is 373 g/mol. The van der Waals surface area contributed by atoms with Crippen LogP contribution in [-0.4, -0.2) is 50.6 Å². The van der Waals surface area contributed by atoms with Gasteiger partial charge in [0, 0.05) is 50.6 Å². The van der Waals surface area contributed by atoms with Gasteiger partial charge < -0.3 is 0 Å². The molecular formula is C17H45Si6. The van der Waals surface area contributed by atoms with Gasteiger partial charge in [-0.1, -0.05) is 107 Å². The molecule has 0 saturated heterocycles. The quantitative estimate of drug-likeness (QED) is 0.323. The summed E-state index contributed by atoms with van der Waals surface area (Å²) in [5.41, 5.74) is 8.37. The van der Waals surface area contributed by atoms with E-state index in [2.05, 4.69) is 72.4 Å². The fraction of sp³-hybridized carbons (Fsp3) is 1.00. The van der Waals surface area contributed by atoms with Crippen LogP contribution in [0.4, 0.5) is 0 Å². The topological polar surface area (TPSA) is 0 Å². The van der Waals surface area contributed by atoms with Crippen LogP contribution in [0.3, 0.4) is 0 Å². The predicted molar refractivity (Wildman–Crippen MR) is 128 cm³/mol. The van der Waals surface area contributed by atoms with Gasteiger partial charge in [-0.15, -0.1) is 0 Å². The summed E-state index contributed by atoms with van der Waals surface area (Å²) in [6.45, 7) is 28.8. The van der Waals surface area contributed by atoms with Crippen molar-refractivity contribution in [1.82, 2.24) is 0 Å². The molecule has 0 amide bonds. The SMILES string of the molecule is CC[Si](C)C[Si](C)(C)C[Si](C)C[Si](C)(C)C[Si](C)C[Si](C)(C)C. The largest absolute Gasteiger partial charge is 0.0715 e. The summed E-state index contributed by atoms with van der Waals surface area (Å²) < 4.78 is 0. The first kappa shape index (κ1) is 24.3. The highest BCUT2D eigenvalue weighted by atomic mass is 28.4. The Morgan fingerprint density at radius 3 is 1.13 bits per heavy atom. The minimum Gasteiger partial charge on any atom is -0.0715 e. The molecule has 3 radical (unpaired) electrons. The molecule has 0 unspecified atom stereocenters. The molecule has 0 heterocycles. The van der Waals surface area contributed by atoms with E-state index in [1.54, 1.807) is 28.3 Å². The number of hydrogen-bond donors (Lipinski definition) is 0. The van der Waals surface area contributed by atoms with E-state index in [0.29, 0.717) is 0 Å². The fourth-order valence-corrected chi connectivity index (χ4v) is 45.4. The molecule has 0 atom stereocenters. The molecule has 0 rings (SSSR count). The van der Waals surface area contributed by atoms with Crippen molar-refractivity contribution in [3.8, 4) is 0 Å². The lowest BCUT2D eigenvalue weighted by Gasteiger charge is -2.33. The van der Waals surface area contributed by atoms with E-state index in [-0.39, 0.29) is 26.4 Å². The Kier molecular flexibility index (Phi) is 10.4. The normalized spacial score (nSPS) is 14.3. The maximum Gasteiger partial charge on any atom is 0.0417 e. The lowest BCUT2D eigenvalue weighted by atomic mass is 11.0. The van der Waals surface area contributed by atoms with Crippen molar-refractivity contribution in [2.75, 3.05) is 0 Å². The highest BCUT2D eigenvalue weighted by Gasteiger charge is 2.32. The highest BCUT2D eigenvalue weighted by Crippen LogP contribution is 2.27. The predicted octanol–water partition coefficient (Wildman–Crippen LogP) is 6.83. The van der Waals surface area contributed by atoms with E-state index in [0.717, 1.165) is 0 Å². The minimum absolute atomic E-state index is 0.0139. The van der Waals surface area contributed by atoms with Crippen LogP contribution in [0.5, 0.6) is 0 Å². The molecule has 0 aromatic heterocycles. The van der Waals surface area contributed by atoms with Crippen molar-refractivity contribution in [3.05, 3.63) is 0 Å². The van der Waals surface area contributed by atoms with Crippen LogP contribution in [0.25, 0.3) is 0 Å². The summed E-state index contributed by atoms with van der Waals surface area (Å²) in [4.78, 5) is 0. The van der Waals surface area contributed by atoms with Crippen molar-refractivity contribution in [2.24, 2.45) is 0 Å². The number of hydrogen-bond acceptors (Lipinski definition) is 0. The molecule has 6 heteroatoms. The molecule has 137 valence electrons. The first-order valence-corrected chi connectivity index (χ1v) is 27.4. The Morgan fingerprint density at radius 2 is 0.826 bits per heavy atom. The molecule has 0 aromatic rings. The van der Waals surface area contributed by atoms with E-state index in [4.69, 9.17) is 0 Å². The van der Waals surface area contributed by atoms with Crippen LogP contribution in [-0.2, 0) is 0 Å². The standard InChI is InChI=1S/C17H45Si6/c1-12-18(2)14-22(8,9)16-20(4)17-23(10,11)15-19(3)13-21(5,6)7/h12-17H2,1-11H3. The maximum absolute atomic E-state index is 2.72. The second-order valence-electron chi connectivity index (χ2n) is 11.0. The molecule has 23 heavy (non-hydrogen) atoms. The average molecular weight is 418 g/mol. The summed E-state index contributed by atoms with van der Waals surface area (Å²) in [6.07, 6.45) is 0. The highest BCUT2D eigenvalue weighted by molar-refractivity contribution is 7.01. The Hall–Kier alpha value is 1.30. The average Bonchev–Trinajstić information content (AvgIpc) is 2.21. The fourth-order valence-electron chi connectivity index (χ4n) is 4.55. The van der Waals surface area contributed by atoms with Crippen molar-refractivity contribution >= 4 is 50.6 Å². The van der Waals surface area contributed by atoms with Crippen LogP contribution in [0.2, 0.25) is 99.9 Å². The molecule has 0 fully saturated rings. The zero-order valence-electron chi connectivity index (χ0n) is 18.2. The van der Waals surface area contributed by atoms with Gasteiger partial charge in [-0.3, -0.25) is 0 Å². The maximum atomic E-state index is 2.72.